The molecule has 28 heavy (non-hydrogen) atoms. The molecule has 0 saturated carbocycles. The SMILES string of the molecule is N#Cc1ccccc1SC[C@@H]1CN(C(=O)O)CCO[C@H]1c1ccc(Cl)c(Cl)c1. The molecular weight excluding hydrogens is 419 g/mol. The molecule has 0 radical (unpaired) electrons. The van der Waals surface area contributed by atoms with E-state index >= 15 is 0 Å². The molecule has 146 valence electrons. The first-order chi connectivity index (χ1) is 13.5. The quantitative estimate of drug-likeness (QED) is 0.655. The smallest absolute Gasteiger partial charge is 0.407 e. The minimum Gasteiger partial charge on any atom is -0.465 e. The number of hydrogen-bond donors (Lipinski definition) is 1. The molecule has 3 rings (SSSR count). The lowest BCUT2D eigenvalue weighted by molar-refractivity contribution is 0.0372. The van der Waals surface area contributed by atoms with E-state index in [0.29, 0.717) is 41.1 Å². The monoisotopic (exact) mass is 436 g/mol. The Morgan fingerprint density at radius 3 is 2.79 bits per heavy atom. The van der Waals surface area contributed by atoms with Crippen LogP contribution in [0.3, 0.4) is 0 Å². The summed E-state index contributed by atoms with van der Waals surface area (Å²) in [7, 11) is 0. The number of carbonyl (C=O) groups is 1. The van der Waals surface area contributed by atoms with Gasteiger partial charge in [-0.05, 0) is 29.8 Å². The van der Waals surface area contributed by atoms with E-state index in [9.17, 15) is 15.2 Å². The number of hydrogen-bond acceptors (Lipinski definition) is 4. The van der Waals surface area contributed by atoms with Crippen LogP contribution in [-0.2, 0) is 4.74 Å². The van der Waals surface area contributed by atoms with Gasteiger partial charge in [-0.3, -0.25) is 0 Å². The van der Waals surface area contributed by atoms with Crippen molar-refractivity contribution in [3.05, 3.63) is 63.6 Å². The van der Waals surface area contributed by atoms with Crippen molar-refractivity contribution >= 4 is 41.1 Å². The fraction of sp³-hybridized carbons (Fsp3) is 0.300. The number of nitrogens with zero attached hydrogens (tertiary/aromatic N) is 2. The molecule has 1 saturated heterocycles. The molecule has 8 heteroatoms. The highest BCUT2D eigenvalue weighted by molar-refractivity contribution is 7.99. The zero-order chi connectivity index (χ0) is 20.1. The molecule has 1 fully saturated rings. The third-order valence-corrected chi connectivity index (χ3v) is 6.55. The lowest BCUT2D eigenvalue weighted by atomic mass is 9.97. The Labute approximate surface area is 177 Å². The molecule has 0 spiro atoms. The van der Waals surface area contributed by atoms with Crippen molar-refractivity contribution in [2.24, 2.45) is 5.92 Å². The molecule has 1 heterocycles. The minimum absolute atomic E-state index is 0.118. The van der Waals surface area contributed by atoms with Crippen molar-refractivity contribution in [3.8, 4) is 6.07 Å². The molecule has 2 aromatic carbocycles. The predicted molar refractivity (Wildman–Crippen MR) is 110 cm³/mol. The lowest BCUT2D eigenvalue weighted by Gasteiger charge is -2.27. The number of thioether (sulfide) groups is 1. The van der Waals surface area contributed by atoms with Crippen LogP contribution >= 0.6 is 35.0 Å². The van der Waals surface area contributed by atoms with Crippen molar-refractivity contribution < 1.29 is 14.6 Å². The van der Waals surface area contributed by atoms with E-state index in [4.69, 9.17) is 27.9 Å². The summed E-state index contributed by atoms with van der Waals surface area (Å²) < 4.78 is 6.04. The van der Waals surface area contributed by atoms with E-state index in [2.05, 4.69) is 6.07 Å². The number of rotatable bonds is 4. The van der Waals surface area contributed by atoms with E-state index in [1.54, 1.807) is 18.2 Å². The van der Waals surface area contributed by atoms with Gasteiger partial charge in [0.15, 0.2) is 0 Å². The van der Waals surface area contributed by atoms with Gasteiger partial charge in [0.2, 0.25) is 0 Å². The summed E-state index contributed by atoms with van der Waals surface area (Å²) in [6, 6.07) is 14.9. The molecular formula is C20H18Cl2N2O3S. The Morgan fingerprint density at radius 2 is 2.07 bits per heavy atom. The van der Waals surface area contributed by atoms with E-state index < -0.39 is 6.09 Å². The van der Waals surface area contributed by atoms with Gasteiger partial charge in [0.25, 0.3) is 0 Å². The summed E-state index contributed by atoms with van der Waals surface area (Å²) in [5, 5.41) is 19.7. The largest absolute Gasteiger partial charge is 0.465 e. The number of ether oxygens (including phenoxy) is 1. The Morgan fingerprint density at radius 1 is 1.29 bits per heavy atom. The van der Waals surface area contributed by atoms with Crippen LogP contribution in [0.25, 0.3) is 0 Å². The molecule has 1 aliphatic rings. The van der Waals surface area contributed by atoms with Crippen LogP contribution in [0.1, 0.15) is 17.2 Å². The van der Waals surface area contributed by atoms with Gasteiger partial charge in [0.1, 0.15) is 6.07 Å². The third kappa shape index (κ3) is 4.92. The number of carboxylic acid groups (broad SMARTS) is 1. The van der Waals surface area contributed by atoms with Crippen LogP contribution in [0.4, 0.5) is 4.79 Å². The number of benzene rings is 2. The average Bonchev–Trinajstić information content (AvgIpc) is 2.91. The minimum atomic E-state index is -0.967. The molecule has 1 N–H and O–H groups in total. The molecule has 0 bridgehead atoms. The Kier molecular flexibility index (Phi) is 7.08. The van der Waals surface area contributed by atoms with Gasteiger partial charge in [0, 0.05) is 29.7 Å². The van der Waals surface area contributed by atoms with Gasteiger partial charge in [-0.15, -0.1) is 11.8 Å². The lowest BCUT2D eigenvalue weighted by Crippen LogP contribution is -2.35. The number of nitriles is 1. The highest BCUT2D eigenvalue weighted by Gasteiger charge is 2.31. The van der Waals surface area contributed by atoms with Crippen LogP contribution in [-0.4, -0.2) is 41.5 Å². The van der Waals surface area contributed by atoms with Gasteiger partial charge >= 0.3 is 6.09 Å². The fourth-order valence-electron chi connectivity index (χ4n) is 3.15. The topological polar surface area (TPSA) is 73.6 Å². The molecule has 0 unspecified atom stereocenters. The van der Waals surface area contributed by atoms with E-state index in [1.807, 2.05) is 24.3 Å². The van der Waals surface area contributed by atoms with Crippen LogP contribution in [0, 0.1) is 17.2 Å². The van der Waals surface area contributed by atoms with Crippen molar-refractivity contribution in [1.82, 2.24) is 4.90 Å². The summed E-state index contributed by atoms with van der Waals surface area (Å²) in [5.41, 5.74) is 1.46. The van der Waals surface area contributed by atoms with Crippen molar-refractivity contribution in [3.63, 3.8) is 0 Å². The summed E-state index contributed by atoms with van der Waals surface area (Å²) in [6.45, 7) is 0.943. The van der Waals surface area contributed by atoms with E-state index in [-0.39, 0.29) is 12.0 Å². The maximum absolute atomic E-state index is 11.6. The maximum atomic E-state index is 11.6. The second-order valence-corrected chi connectivity index (χ2v) is 8.25. The molecule has 1 amide bonds. The predicted octanol–water partition coefficient (Wildman–Crippen LogP) is 5.32. The van der Waals surface area contributed by atoms with Crippen molar-refractivity contribution in [1.29, 1.82) is 5.26 Å². The highest BCUT2D eigenvalue weighted by atomic mass is 35.5. The van der Waals surface area contributed by atoms with E-state index in [1.165, 1.54) is 16.7 Å². The maximum Gasteiger partial charge on any atom is 0.407 e. The normalized spacial score (nSPS) is 19.7. The van der Waals surface area contributed by atoms with Gasteiger partial charge in [0.05, 0.1) is 28.3 Å². The standard InChI is InChI=1S/C20H18Cl2N2O3S/c21-16-6-5-13(9-17(16)22)19-15(11-24(20(25)26)7-8-27-19)12-28-18-4-2-1-3-14(18)10-23/h1-6,9,15,19H,7-8,11-12H2,(H,25,26)/t15-,19-/m0/s1. The van der Waals surface area contributed by atoms with Gasteiger partial charge in [-0.1, -0.05) is 41.4 Å². The Hall–Kier alpha value is -1.91. The molecule has 2 atom stereocenters. The molecule has 2 aromatic rings. The highest BCUT2D eigenvalue weighted by Crippen LogP contribution is 2.36. The number of amides is 1. The summed E-state index contributed by atoms with van der Waals surface area (Å²) in [6.07, 6.45) is -1.29. The molecule has 0 aromatic heterocycles. The molecule has 0 aliphatic carbocycles. The zero-order valence-corrected chi connectivity index (χ0v) is 17.2. The van der Waals surface area contributed by atoms with Crippen molar-refractivity contribution in [2.45, 2.75) is 11.0 Å². The van der Waals surface area contributed by atoms with Gasteiger partial charge < -0.3 is 14.7 Å². The Bertz CT molecular complexity index is 903. The average molecular weight is 437 g/mol. The van der Waals surface area contributed by atoms with Crippen molar-refractivity contribution in [2.75, 3.05) is 25.4 Å². The summed E-state index contributed by atoms with van der Waals surface area (Å²) >= 11 is 13.7. The van der Waals surface area contributed by atoms with Gasteiger partial charge in [-0.25, -0.2) is 4.79 Å². The summed E-state index contributed by atoms with van der Waals surface area (Å²) in [4.78, 5) is 13.8. The van der Waals surface area contributed by atoms with Crippen LogP contribution in [0.5, 0.6) is 0 Å². The molecule has 5 nitrogen and oxygen atoms in total. The first kappa shape index (κ1) is 20.8. The molecule has 1 aliphatic heterocycles. The second kappa shape index (κ2) is 9.53. The van der Waals surface area contributed by atoms with Gasteiger partial charge in [-0.2, -0.15) is 5.26 Å². The third-order valence-electron chi connectivity index (χ3n) is 4.54. The Balaban J connectivity index is 1.86. The van der Waals surface area contributed by atoms with Crippen LogP contribution in [0.15, 0.2) is 47.4 Å². The fourth-order valence-corrected chi connectivity index (χ4v) is 4.57. The second-order valence-electron chi connectivity index (χ2n) is 6.37. The van der Waals surface area contributed by atoms with E-state index in [0.717, 1.165) is 10.5 Å². The van der Waals surface area contributed by atoms with Crippen LogP contribution < -0.4 is 0 Å². The zero-order valence-electron chi connectivity index (χ0n) is 14.8. The summed E-state index contributed by atoms with van der Waals surface area (Å²) in [5.74, 6) is 0.473. The first-order valence-electron chi connectivity index (χ1n) is 8.66. The number of halogens is 2. The van der Waals surface area contributed by atoms with Crippen LogP contribution in [0.2, 0.25) is 10.0 Å². The first-order valence-corrected chi connectivity index (χ1v) is 10.4.